The molecule has 1 aromatic carbocycles. The van der Waals surface area contributed by atoms with E-state index in [0.29, 0.717) is 30.7 Å². The molecule has 36 heavy (non-hydrogen) atoms. The predicted octanol–water partition coefficient (Wildman–Crippen LogP) is 3.71. The number of hydrogen-bond acceptors (Lipinski definition) is 6. The molecule has 8 nitrogen and oxygen atoms in total. The molecule has 2 bridgehead atoms. The van der Waals surface area contributed by atoms with E-state index in [1.54, 1.807) is 18.5 Å². The second-order valence-corrected chi connectivity index (χ2v) is 11.9. The van der Waals surface area contributed by atoms with Gasteiger partial charge >= 0.3 is 0 Å². The molecule has 4 aliphatic rings. The molecule has 0 aromatic heterocycles. The molecule has 1 saturated heterocycles. The summed E-state index contributed by atoms with van der Waals surface area (Å²) in [6.45, 7) is 6.78. The van der Waals surface area contributed by atoms with Crippen molar-refractivity contribution in [2.45, 2.75) is 63.3 Å². The van der Waals surface area contributed by atoms with Crippen molar-refractivity contribution < 1.29 is 9.84 Å². The van der Waals surface area contributed by atoms with Crippen LogP contribution in [0.15, 0.2) is 44.4 Å². The lowest BCUT2D eigenvalue weighted by atomic mass is 9.82. The second-order valence-electron chi connectivity index (χ2n) is 11.0. The molecule has 4 fully saturated rings. The smallest absolute Gasteiger partial charge is 0.245 e. The number of phenolic OH excluding ortho intramolecular Hbond substituents is 1. The van der Waals surface area contributed by atoms with Crippen molar-refractivity contribution >= 4 is 27.6 Å². The number of hydrazone groups is 1. The third-order valence-electron chi connectivity index (χ3n) is 8.38. The molecule has 5 unspecified atom stereocenters. The summed E-state index contributed by atoms with van der Waals surface area (Å²) in [4.78, 5) is 11.3. The summed E-state index contributed by atoms with van der Waals surface area (Å²) in [7, 11) is 2.73. The number of nitrogens with zero attached hydrogens (tertiary/aromatic N) is 4. The fourth-order valence-electron chi connectivity index (χ4n) is 6.62. The first-order valence-corrected chi connectivity index (χ1v) is 13.7. The van der Waals surface area contributed by atoms with Crippen LogP contribution in [0.4, 0.5) is 0 Å². The van der Waals surface area contributed by atoms with Gasteiger partial charge in [0.1, 0.15) is 11.6 Å². The van der Waals surface area contributed by atoms with Gasteiger partial charge < -0.3 is 20.5 Å². The monoisotopic (exact) mass is 510 g/mol. The van der Waals surface area contributed by atoms with E-state index in [1.807, 2.05) is 13.8 Å². The number of aliphatic imine (C=N–C) groups is 2. The molecule has 0 radical (unpaired) electrons. The molecule has 3 aliphatic carbocycles. The predicted molar refractivity (Wildman–Crippen MR) is 149 cm³/mol. The van der Waals surface area contributed by atoms with Crippen molar-refractivity contribution in [3.63, 3.8) is 0 Å². The Balaban J connectivity index is 1.33. The molecular formula is C27H39N6O2P. The number of nitrogens with one attached hydrogen (secondary N) is 1. The van der Waals surface area contributed by atoms with E-state index in [-0.39, 0.29) is 16.7 Å². The largest absolute Gasteiger partial charge is 0.507 e. The average molecular weight is 511 g/mol. The highest BCUT2D eigenvalue weighted by Crippen LogP contribution is 2.66. The van der Waals surface area contributed by atoms with E-state index in [9.17, 15) is 5.11 Å². The summed E-state index contributed by atoms with van der Waals surface area (Å²) in [5, 5.41) is 16.0. The Morgan fingerprint density at radius 1 is 1.25 bits per heavy atom. The molecular weight excluding hydrogens is 471 g/mol. The zero-order valence-electron chi connectivity index (χ0n) is 21.4. The number of guanidine groups is 1. The van der Waals surface area contributed by atoms with Gasteiger partial charge in [0.05, 0.1) is 19.4 Å². The molecule has 194 valence electrons. The lowest BCUT2D eigenvalue weighted by Crippen LogP contribution is -2.37. The maximum Gasteiger partial charge on any atom is 0.245 e. The maximum absolute atomic E-state index is 10.6. The summed E-state index contributed by atoms with van der Waals surface area (Å²) >= 11 is 0. The molecule has 1 aliphatic heterocycles. The first-order chi connectivity index (χ1) is 17.3. The average Bonchev–Trinajstić information content (AvgIpc) is 3.41. The fourth-order valence-corrected chi connectivity index (χ4v) is 6.87. The van der Waals surface area contributed by atoms with E-state index in [4.69, 9.17) is 15.5 Å². The van der Waals surface area contributed by atoms with Crippen LogP contribution in [0.5, 0.6) is 5.75 Å². The molecule has 1 heterocycles. The first kappa shape index (κ1) is 25.4. The maximum atomic E-state index is 10.6. The third kappa shape index (κ3) is 5.22. The molecule has 1 aromatic rings. The number of nitrogens with two attached hydrogens (primary N) is 1. The third-order valence-corrected chi connectivity index (χ3v) is 8.64. The number of allylic oxidation sites excluding steroid dienone is 1. The van der Waals surface area contributed by atoms with Crippen molar-refractivity contribution in [2.75, 3.05) is 26.3 Å². The van der Waals surface area contributed by atoms with Gasteiger partial charge in [0, 0.05) is 30.4 Å². The molecule has 3 saturated carbocycles. The van der Waals surface area contributed by atoms with Gasteiger partial charge in [-0.05, 0) is 92.6 Å². The van der Waals surface area contributed by atoms with Gasteiger partial charge in [0.2, 0.25) is 5.96 Å². The Hall–Kier alpha value is -2.28. The Morgan fingerprint density at radius 2 is 2.06 bits per heavy atom. The van der Waals surface area contributed by atoms with Crippen molar-refractivity contribution in [2.24, 2.45) is 32.7 Å². The highest BCUT2D eigenvalue weighted by Gasteiger charge is 2.61. The zero-order valence-corrected chi connectivity index (χ0v) is 22.6. The summed E-state index contributed by atoms with van der Waals surface area (Å²) in [5.74, 6) is 2.82. The van der Waals surface area contributed by atoms with Gasteiger partial charge in [-0.2, -0.15) is 10.1 Å². The minimum atomic E-state index is 0.0398. The van der Waals surface area contributed by atoms with Gasteiger partial charge in [0.25, 0.3) is 0 Å². The molecule has 0 spiro atoms. The first-order valence-electron chi connectivity index (χ1n) is 13.1. The van der Waals surface area contributed by atoms with Crippen molar-refractivity contribution in [1.29, 1.82) is 0 Å². The van der Waals surface area contributed by atoms with Crippen LogP contribution in [-0.4, -0.2) is 60.2 Å². The van der Waals surface area contributed by atoms with E-state index in [1.165, 1.54) is 31.2 Å². The number of hydrogen-bond donors (Lipinski definition) is 3. The number of morpholine rings is 1. The van der Waals surface area contributed by atoms with Crippen LogP contribution in [0.2, 0.25) is 0 Å². The van der Waals surface area contributed by atoms with E-state index >= 15 is 0 Å². The summed E-state index contributed by atoms with van der Waals surface area (Å²) in [6.07, 6.45) is 10.5. The highest BCUT2D eigenvalue weighted by molar-refractivity contribution is 7.22. The van der Waals surface area contributed by atoms with Crippen LogP contribution in [0, 0.1) is 11.8 Å². The lowest BCUT2D eigenvalue weighted by molar-refractivity contribution is 0.0529. The highest BCUT2D eigenvalue weighted by atomic mass is 31.0. The summed E-state index contributed by atoms with van der Waals surface area (Å²) in [5.41, 5.74) is 11.9. The van der Waals surface area contributed by atoms with E-state index < -0.39 is 0 Å². The number of benzene rings is 1. The van der Waals surface area contributed by atoms with Crippen molar-refractivity contribution in [3.05, 3.63) is 40.5 Å². The number of phenols is 1. The Kier molecular flexibility index (Phi) is 7.21. The molecule has 5 rings (SSSR count). The van der Waals surface area contributed by atoms with Gasteiger partial charge in [-0.1, -0.05) is 6.07 Å². The van der Waals surface area contributed by atoms with E-state index in [0.717, 1.165) is 43.0 Å². The van der Waals surface area contributed by atoms with Gasteiger partial charge in [0.15, 0.2) is 0 Å². The quantitative estimate of drug-likeness (QED) is 0.242. The van der Waals surface area contributed by atoms with Crippen LogP contribution < -0.4 is 11.2 Å². The van der Waals surface area contributed by atoms with Crippen LogP contribution >= 0.6 is 9.24 Å². The molecule has 5 atom stereocenters. The summed E-state index contributed by atoms with van der Waals surface area (Å²) < 4.78 is 5.48. The van der Waals surface area contributed by atoms with E-state index in [2.05, 4.69) is 41.8 Å². The van der Waals surface area contributed by atoms with Gasteiger partial charge in [-0.3, -0.25) is 0 Å². The van der Waals surface area contributed by atoms with Crippen LogP contribution in [0.1, 0.15) is 63.5 Å². The second kappa shape index (κ2) is 10.2. The van der Waals surface area contributed by atoms with Gasteiger partial charge in [-0.25, -0.2) is 10.4 Å². The topological polar surface area (TPSA) is 108 Å². The normalized spacial score (nSPS) is 33.0. The number of ether oxygens (including phenoxy) is 1. The molecule has 9 heteroatoms. The molecule has 4 N–H and O–H groups in total. The lowest BCUT2D eigenvalue weighted by Gasteiger charge is -2.29. The standard InChI is InChI=1S/C27H39N6O2P/c1-3-29-25(31-24(18(2)36)33-8-10-35-11-9-33)32-30-17-20-12-21(4-5-23(20)34)27-14-19-6-7-26(28,13-19)15-22(27)16-27/h3-5,12,17,19,22,34H,6-11,13-16,28,36H2,1-2H3,(H,31,32)/b24-18-,29-3-,30-17-. The number of rotatable bonds is 5. The Bertz CT molecular complexity index is 1110. The van der Waals surface area contributed by atoms with Crippen molar-refractivity contribution in [3.8, 4) is 5.75 Å². The Morgan fingerprint density at radius 3 is 2.81 bits per heavy atom. The summed E-state index contributed by atoms with van der Waals surface area (Å²) in [6, 6.07) is 6.00. The van der Waals surface area contributed by atoms with Crippen LogP contribution in [0.3, 0.4) is 0 Å². The minimum absolute atomic E-state index is 0.0398. The van der Waals surface area contributed by atoms with Crippen LogP contribution in [-0.2, 0) is 10.2 Å². The zero-order chi connectivity index (χ0) is 25.3. The number of aromatic hydroxyl groups is 1. The van der Waals surface area contributed by atoms with Crippen LogP contribution in [0.25, 0.3) is 0 Å². The molecule has 0 amide bonds. The van der Waals surface area contributed by atoms with Crippen molar-refractivity contribution in [1.82, 2.24) is 10.3 Å². The van der Waals surface area contributed by atoms with Gasteiger partial charge in [-0.15, -0.1) is 9.24 Å². The Labute approximate surface area is 216 Å². The number of fused-ring (bicyclic) bond motifs is 3. The fraction of sp³-hybridized carbons (Fsp3) is 0.593. The minimum Gasteiger partial charge on any atom is -0.507 e. The SMILES string of the molecule is C\C=N/C(=N\C(=C(/C)P)N1CCOCC1)N/N=C\c1cc(C23CC4CCC(N)(C4)CC2C3)ccc1O.